The fraction of sp³-hybridized carbons (Fsp3) is 0.360. The average Bonchev–Trinajstić information content (AvgIpc) is 3.48. The van der Waals surface area contributed by atoms with Crippen molar-refractivity contribution in [1.82, 2.24) is 19.7 Å². The predicted octanol–water partition coefficient (Wildman–Crippen LogP) is 4.43. The minimum absolute atomic E-state index is 0.00504. The number of likely N-dealkylation sites (tertiary alicyclic amines) is 1. The first-order chi connectivity index (χ1) is 16.0. The Morgan fingerprint density at radius 2 is 1.70 bits per heavy atom. The maximum Gasteiger partial charge on any atom is 0.226 e. The molecule has 0 spiro atoms. The second kappa shape index (κ2) is 10.8. The topological polar surface area (TPSA) is 80.1 Å². The molecule has 0 bridgehead atoms. The van der Waals surface area contributed by atoms with Crippen LogP contribution in [0.5, 0.6) is 0 Å². The average molecular weight is 464 g/mol. The molecule has 1 N–H and O–H groups in total. The Kier molecular flexibility index (Phi) is 7.57. The molecular weight excluding hydrogens is 434 g/mol. The van der Waals surface area contributed by atoms with Gasteiger partial charge in [0.2, 0.25) is 5.91 Å². The quantitative estimate of drug-likeness (QED) is 0.373. The zero-order valence-electron chi connectivity index (χ0n) is 19.0. The number of carbonyl (C=O) groups is 2. The second-order valence-electron chi connectivity index (χ2n) is 8.49. The van der Waals surface area contributed by atoms with E-state index >= 15 is 0 Å². The molecule has 2 heterocycles. The third-order valence-corrected chi connectivity index (χ3v) is 6.54. The lowest BCUT2D eigenvalue weighted by atomic mass is 10.1. The molecule has 172 valence electrons. The van der Waals surface area contributed by atoms with Crippen molar-refractivity contribution in [2.45, 2.75) is 38.4 Å². The molecule has 3 aromatic rings. The van der Waals surface area contributed by atoms with Crippen LogP contribution in [0.4, 0.5) is 5.69 Å². The number of nitrogens with one attached hydrogen (secondary N) is 1. The molecule has 4 rings (SSSR count). The monoisotopic (exact) mass is 463 g/mol. The van der Waals surface area contributed by atoms with E-state index in [0.29, 0.717) is 16.4 Å². The SMILES string of the molecule is CC(C)C(=O)Nc1ccc(C(=O)CSc2nnc(CN3CCCC3)n2-c2ccccc2)cc1. The molecule has 1 amide bonds. The van der Waals surface area contributed by atoms with E-state index in [1.54, 1.807) is 24.3 Å². The van der Waals surface area contributed by atoms with E-state index in [0.717, 1.165) is 31.1 Å². The summed E-state index contributed by atoms with van der Waals surface area (Å²) < 4.78 is 2.06. The molecule has 0 atom stereocenters. The van der Waals surface area contributed by atoms with Crippen molar-refractivity contribution in [1.29, 1.82) is 0 Å². The second-order valence-corrected chi connectivity index (χ2v) is 9.43. The van der Waals surface area contributed by atoms with Crippen molar-refractivity contribution in [2.75, 3.05) is 24.2 Å². The number of anilines is 1. The summed E-state index contributed by atoms with van der Waals surface area (Å²) in [6.45, 7) is 6.59. The number of rotatable bonds is 9. The van der Waals surface area contributed by atoms with Gasteiger partial charge in [-0.05, 0) is 62.3 Å². The molecule has 0 radical (unpaired) electrons. The van der Waals surface area contributed by atoms with Crippen LogP contribution >= 0.6 is 11.8 Å². The molecule has 0 aliphatic carbocycles. The summed E-state index contributed by atoms with van der Waals surface area (Å²) in [5, 5.41) is 12.4. The van der Waals surface area contributed by atoms with E-state index in [1.165, 1.54) is 24.6 Å². The Morgan fingerprint density at radius 3 is 2.36 bits per heavy atom. The third-order valence-electron chi connectivity index (χ3n) is 5.61. The molecule has 7 nitrogen and oxygen atoms in total. The van der Waals surface area contributed by atoms with Crippen molar-refractivity contribution >= 4 is 29.1 Å². The van der Waals surface area contributed by atoms with E-state index in [1.807, 2.05) is 44.2 Å². The summed E-state index contributed by atoms with van der Waals surface area (Å²) in [5.74, 6) is 1.01. The zero-order chi connectivity index (χ0) is 23.2. The molecule has 2 aromatic carbocycles. The molecule has 1 saturated heterocycles. The number of para-hydroxylation sites is 1. The number of hydrogen-bond acceptors (Lipinski definition) is 6. The summed E-state index contributed by atoms with van der Waals surface area (Å²) in [6.07, 6.45) is 2.44. The number of benzene rings is 2. The maximum atomic E-state index is 12.8. The third kappa shape index (κ3) is 5.89. The van der Waals surface area contributed by atoms with Gasteiger partial charge in [-0.2, -0.15) is 0 Å². The van der Waals surface area contributed by atoms with Gasteiger partial charge < -0.3 is 5.32 Å². The highest BCUT2D eigenvalue weighted by atomic mass is 32.2. The zero-order valence-corrected chi connectivity index (χ0v) is 19.8. The minimum atomic E-state index is -0.0972. The number of ketones is 1. The molecule has 33 heavy (non-hydrogen) atoms. The van der Waals surface area contributed by atoms with Crippen molar-refractivity contribution in [3.63, 3.8) is 0 Å². The van der Waals surface area contributed by atoms with Gasteiger partial charge in [0, 0.05) is 22.9 Å². The fourth-order valence-electron chi connectivity index (χ4n) is 3.71. The molecule has 1 fully saturated rings. The van der Waals surface area contributed by atoms with Gasteiger partial charge in [-0.25, -0.2) is 0 Å². The Morgan fingerprint density at radius 1 is 1.00 bits per heavy atom. The number of aromatic nitrogens is 3. The number of hydrogen-bond donors (Lipinski definition) is 1. The van der Waals surface area contributed by atoms with Crippen LogP contribution in [-0.2, 0) is 11.3 Å². The normalized spacial score (nSPS) is 14.0. The standard InChI is InChI=1S/C25H29N5O2S/c1-18(2)24(32)26-20-12-10-19(11-13-20)22(31)17-33-25-28-27-23(16-29-14-6-7-15-29)30(25)21-8-4-3-5-9-21/h3-5,8-13,18H,6-7,14-17H2,1-2H3,(H,26,32). The van der Waals surface area contributed by atoms with Crippen molar-refractivity contribution < 1.29 is 9.59 Å². The maximum absolute atomic E-state index is 12.8. The van der Waals surface area contributed by atoms with Crippen LogP contribution in [0.1, 0.15) is 42.9 Å². The Bertz CT molecular complexity index is 1090. The van der Waals surface area contributed by atoms with E-state index in [2.05, 4.69) is 25.0 Å². The smallest absolute Gasteiger partial charge is 0.226 e. The van der Waals surface area contributed by atoms with E-state index < -0.39 is 0 Å². The first-order valence-corrected chi connectivity index (χ1v) is 12.3. The number of thioether (sulfide) groups is 1. The van der Waals surface area contributed by atoms with Crippen LogP contribution < -0.4 is 5.32 Å². The number of nitrogens with zero attached hydrogens (tertiary/aromatic N) is 4. The van der Waals surface area contributed by atoms with Crippen LogP contribution in [0.15, 0.2) is 59.8 Å². The summed E-state index contributed by atoms with van der Waals surface area (Å²) in [5.41, 5.74) is 2.29. The van der Waals surface area contributed by atoms with Gasteiger partial charge in [-0.15, -0.1) is 10.2 Å². The van der Waals surface area contributed by atoms with Crippen LogP contribution in [0, 0.1) is 5.92 Å². The summed E-state index contributed by atoms with van der Waals surface area (Å²) in [7, 11) is 0. The summed E-state index contributed by atoms with van der Waals surface area (Å²) in [6, 6.07) is 17.1. The number of carbonyl (C=O) groups excluding carboxylic acids is 2. The van der Waals surface area contributed by atoms with E-state index in [-0.39, 0.29) is 23.4 Å². The molecule has 8 heteroatoms. The highest BCUT2D eigenvalue weighted by Gasteiger charge is 2.20. The van der Waals surface area contributed by atoms with Crippen LogP contribution in [0.3, 0.4) is 0 Å². The molecule has 1 aliphatic heterocycles. The Labute approximate surface area is 198 Å². The first-order valence-electron chi connectivity index (χ1n) is 11.3. The van der Waals surface area contributed by atoms with E-state index in [9.17, 15) is 9.59 Å². The van der Waals surface area contributed by atoms with Gasteiger partial charge in [0.15, 0.2) is 16.8 Å². The van der Waals surface area contributed by atoms with Gasteiger partial charge in [0.1, 0.15) is 0 Å². The van der Waals surface area contributed by atoms with Gasteiger partial charge >= 0.3 is 0 Å². The molecule has 0 unspecified atom stereocenters. The van der Waals surface area contributed by atoms with Crippen LogP contribution in [-0.4, -0.2) is 50.2 Å². The largest absolute Gasteiger partial charge is 0.326 e. The Hall–Kier alpha value is -2.97. The summed E-state index contributed by atoms with van der Waals surface area (Å²) >= 11 is 1.39. The van der Waals surface area contributed by atoms with E-state index in [4.69, 9.17) is 0 Å². The molecule has 0 saturated carbocycles. The van der Waals surface area contributed by atoms with Crippen molar-refractivity contribution in [2.24, 2.45) is 5.92 Å². The van der Waals surface area contributed by atoms with Gasteiger partial charge in [0.05, 0.1) is 12.3 Å². The number of Topliss-reactive ketones (excluding diaryl/α,β-unsaturated/α-hetero) is 1. The van der Waals surface area contributed by atoms with Crippen molar-refractivity contribution in [3.05, 3.63) is 66.0 Å². The van der Waals surface area contributed by atoms with Crippen LogP contribution in [0.25, 0.3) is 5.69 Å². The van der Waals surface area contributed by atoms with Gasteiger partial charge in [-0.3, -0.25) is 19.1 Å². The van der Waals surface area contributed by atoms with Crippen molar-refractivity contribution in [3.8, 4) is 5.69 Å². The highest BCUT2D eigenvalue weighted by Crippen LogP contribution is 2.25. The molecule has 1 aromatic heterocycles. The molecule has 1 aliphatic rings. The Balaban J connectivity index is 1.46. The number of amides is 1. The van der Waals surface area contributed by atoms with Crippen LogP contribution in [0.2, 0.25) is 0 Å². The minimum Gasteiger partial charge on any atom is -0.326 e. The van der Waals surface area contributed by atoms with Gasteiger partial charge in [0.25, 0.3) is 0 Å². The molecular formula is C25H29N5O2S. The fourth-order valence-corrected chi connectivity index (χ4v) is 4.58. The first kappa shape index (κ1) is 23.2. The summed E-state index contributed by atoms with van der Waals surface area (Å²) in [4.78, 5) is 27.1. The lowest BCUT2D eigenvalue weighted by molar-refractivity contribution is -0.118. The predicted molar refractivity (Wildman–Crippen MR) is 131 cm³/mol. The highest BCUT2D eigenvalue weighted by molar-refractivity contribution is 7.99. The lowest BCUT2D eigenvalue weighted by Crippen LogP contribution is -2.21. The van der Waals surface area contributed by atoms with Gasteiger partial charge in [-0.1, -0.05) is 43.8 Å². The lowest BCUT2D eigenvalue weighted by Gasteiger charge is -2.15.